The van der Waals surface area contributed by atoms with E-state index in [1.165, 1.54) is 0 Å². The Labute approximate surface area is 113 Å². The average molecular weight is 265 g/mol. The van der Waals surface area contributed by atoms with Crippen LogP contribution in [-0.2, 0) is 18.7 Å². The quantitative estimate of drug-likeness (QED) is 0.600. The van der Waals surface area contributed by atoms with Crippen LogP contribution in [0, 0.1) is 5.21 Å². The first-order valence-corrected chi connectivity index (χ1v) is 6.49. The fourth-order valence-electron chi connectivity index (χ4n) is 2.31. The van der Waals surface area contributed by atoms with Crippen LogP contribution in [0.4, 0.5) is 0 Å². The highest BCUT2D eigenvalue weighted by atomic mass is 16.5. The second-order valence-corrected chi connectivity index (χ2v) is 6.05. The summed E-state index contributed by atoms with van der Waals surface area (Å²) in [5.41, 5.74) is -0.170. The zero-order valence-electron chi connectivity index (χ0n) is 12.4. The van der Waals surface area contributed by atoms with Crippen molar-refractivity contribution in [2.24, 2.45) is 7.05 Å². The van der Waals surface area contributed by atoms with Gasteiger partial charge in [0.15, 0.2) is 5.54 Å². The number of amidine groups is 1. The molecule has 0 saturated heterocycles. The Hall–Kier alpha value is -1.56. The van der Waals surface area contributed by atoms with Crippen LogP contribution in [-0.4, -0.2) is 36.5 Å². The van der Waals surface area contributed by atoms with Gasteiger partial charge in [-0.2, -0.15) is 5.10 Å². The molecule has 0 aliphatic carbocycles. The van der Waals surface area contributed by atoms with Gasteiger partial charge in [-0.3, -0.25) is 9.42 Å². The molecule has 0 spiro atoms. The molecule has 1 aromatic heterocycles. The lowest BCUT2D eigenvalue weighted by atomic mass is 9.84. The van der Waals surface area contributed by atoms with Gasteiger partial charge in [0.1, 0.15) is 11.1 Å². The minimum atomic E-state index is -0.787. The molecule has 0 fully saturated rings. The van der Waals surface area contributed by atoms with Crippen LogP contribution in [0.2, 0.25) is 0 Å². The molecule has 2 rings (SSSR count). The first kappa shape index (κ1) is 13.9. The summed E-state index contributed by atoms with van der Waals surface area (Å²) in [7, 11) is 1.79. The van der Waals surface area contributed by atoms with E-state index in [0.717, 1.165) is 15.5 Å². The van der Waals surface area contributed by atoms with Crippen molar-refractivity contribution in [2.45, 2.75) is 52.1 Å². The van der Waals surface area contributed by atoms with E-state index in [4.69, 9.17) is 0 Å². The second kappa shape index (κ2) is 3.96. The van der Waals surface area contributed by atoms with Crippen molar-refractivity contribution in [3.8, 4) is 0 Å². The van der Waals surface area contributed by atoms with Gasteiger partial charge in [-0.1, -0.05) is 12.0 Å². The average Bonchev–Trinajstić information content (AvgIpc) is 2.73. The summed E-state index contributed by atoms with van der Waals surface area (Å²) < 4.78 is 2.47. The Morgan fingerprint density at radius 3 is 2.37 bits per heavy atom. The Balaban J connectivity index is 2.65. The van der Waals surface area contributed by atoms with E-state index in [2.05, 4.69) is 5.10 Å². The van der Waals surface area contributed by atoms with E-state index < -0.39 is 11.1 Å². The van der Waals surface area contributed by atoms with Gasteiger partial charge < -0.3 is 5.21 Å². The van der Waals surface area contributed by atoms with Crippen LogP contribution >= 0.6 is 0 Å². The summed E-state index contributed by atoms with van der Waals surface area (Å²) >= 11 is 0. The predicted octanol–water partition coefficient (Wildman–Crippen LogP) is 1.46. The molecule has 19 heavy (non-hydrogen) atoms. The molecule has 0 unspecified atom stereocenters. The number of hydrogen-bond acceptors (Lipinski definition) is 3. The highest BCUT2D eigenvalue weighted by molar-refractivity contribution is 5.96. The molecular formula is C13H21N4O2. The van der Waals surface area contributed by atoms with Crippen molar-refractivity contribution in [1.82, 2.24) is 14.8 Å². The van der Waals surface area contributed by atoms with Crippen molar-refractivity contribution < 1.29 is 9.95 Å². The maximum atomic E-state index is 12.5. The molecule has 6 heteroatoms. The van der Waals surface area contributed by atoms with E-state index in [-0.39, 0.29) is 5.84 Å². The maximum Gasteiger partial charge on any atom is 0.320 e. The van der Waals surface area contributed by atoms with E-state index in [1.54, 1.807) is 45.6 Å². The van der Waals surface area contributed by atoms with Gasteiger partial charge in [0.25, 0.3) is 0 Å². The van der Waals surface area contributed by atoms with E-state index in [1.807, 2.05) is 6.92 Å². The summed E-state index contributed by atoms with van der Waals surface area (Å²) in [4.78, 5) is 0. The van der Waals surface area contributed by atoms with Crippen molar-refractivity contribution in [3.63, 3.8) is 0 Å². The number of hydrogen-bond donors (Lipinski definition) is 0. The summed E-state index contributed by atoms with van der Waals surface area (Å²) in [5, 5.41) is 30.2. The largest absolute Gasteiger partial charge is 0.714 e. The topological polar surface area (TPSA) is 67.0 Å². The van der Waals surface area contributed by atoms with Crippen LogP contribution < -0.4 is 0 Å². The summed E-state index contributed by atoms with van der Waals surface area (Å²) in [5.74, 6) is 0.167. The Kier molecular flexibility index (Phi) is 2.89. The molecule has 105 valence electrons. The Bertz CT molecular complexity index is 543. The summed E-state index contributed by atoms with van der Waals surface area (Å²) in [6, 6.07) is 0. The predicted molar refractivity (Wildman–Crippen MR) is 71.0 cm³/mol. The number of nitrogens with zero attached hydrogens (tertiary/aromatic N) is 4. The fraction of sp³-hybridized carbons (Fsp3) is 0.692. The molecule has 6 nitrogen and oxygen atoms in total. The van der Waals surface area contributed by atoms with Gasteiger partial charge in [-0.15, -0.1) is 0 Å². The van der Waals surface area contributed by atoms with Crippen molar-refractivity contribution in [2.75, 3.05) is 0 Å². The van der Waals surface area contributed by atoms with Gasteiger partial charge in [0.05, 0.1) is 5.69 Å². The third-order valence-electron chi connectivity index (χ3n) is 4.38. The molecule has 0 bridgehead atoms. The monoisotopic (exact) mass is 265 g/mol. The number of aromatic nitrogens is 2. The molecule has 0 N–H and O–H groups in total. The van der Waals surface area contributed by atoms with Crippen LogP contribution in [0.3, 0.4) is 0 Å². The summed E-state index contributed by atoms with van der Waals surface area (Å²) in [6.07, 6.45) is 2.42. The fourth-order valence-corrected chi connectivity index (χ4v) is 2.31. The third kappa shape index (κ3) is 1.66. The Morgan fingerprint density at radius 1 is 1.37 bits per heavy atom. The number of aryl methyl sites for hydroxylation is 2. The second-order valence-electron chi connectivity index (χ2n) is 6.05. The van der Waals surface area contributed by atoms with Crippen LogP contribution in [0.5, 0.6) is 0 Å². The first-order chi connectivity index (χ1) is 8.64. The molecule has 1 aliphatic rings. The standard InChI is InChI=1S/C13H21N4O2/c1-7-10-9(8-15(6)14-10)11-16(18)12(2,3)13(4,5)17(11)19/h8H,7H2,1-6H3. The first-order valence-electron chi connectivity index (χ1n) is 6.49. The number of hydroxylamine groups is 3. The van der Waals surface area contributed by atoms with Crippen LogP contribution in [0.25, 0.3) is 0 Å². The normalized spacial score (nSPS) is 21.3. The minimum Gasteiger partial charge on any atom is -0.714 e. The van der Waals surface area contributed by atoms with Crippen molar-refractivity contribution >= 4 is 5.84 Å². The van der Waals surface area contributed by atoms with Crippen LogP contribution in [0.15, 0.2) is 6.20 Å². The van der Waals surface area contributed by atoms with Gasteiger partial charge in [-0.25, -0.2) is 0 Å². The molecule has 2 heterocycles. The third-order valence-corrected chi connectivity index (χ3v) is 4.38. The molecule has 0 amide bonds. The zero-order valence-corrected chi connectivity index (χ0v) is 12.4. The minimum absolute atomic E-state index is 0.167. The Morgan fingerprint density at radius 2 is 1.95 bits per heavy atom. The lowest BCUT2D eigenvalue weighted by molar-refractivity contribution is -0.539. The van der Waals surface area contributed by atoms with E-state index in [0.29, 0.717) is 12.0 Å². The van der Waals surface area contributed by atoms with Gasteiger partial charge in [0.2, 0.25) is 0 Å². The molecule has 0 aromatic carbocycles. The molecule has 0 atom stereocenters. The van der Waals surface area contributed by atoms with Crippen molar-refractivity contribution in [1.29, 1.82) is 0 Å². The highest BCUT2D eigenvalue weighted by Gasteiger charge is 2.60. The summed E-state index contributed by atoms with van der Waals surface area (Å²) in [6.45, 7) is 9.13. The van der Waals surface area contributed by atoms with E-state index >= 15 is 0 Å². The molecule has 1 aromatic rings. The van der Waals surface area contributed by atoms with E-state index in [9.17, 15) is 10.4 Å². The smallest absolute Gasteiger partial charge is 0.320 e. The molecular weight excluding hydrogens is 244 g/mol. The highest BCUT2D eigenvalue weighted by Crippen LogP contribution is 2.37. The van der Waals surface area contributed by atoms with Gasteiger partial charge in [-0.05, 0) is 34.1 Å². The SMILES string of the molecule is CCc1nn(C)cc1C1=[N+]([O-])C(C)(C)C(C)(C)N1[O]. The number of rotatable bonds is 2. The maximum absolute atomic E-state index is 12.5. The molecule has 0 saturated carbocycles. The zero-order chi connectivity index (χ0) is 14.6. The lowest BCUT2D eigenvalue weighted by Gasteiger charge is -2.32. The van der Waals surface area contributed by atoms with Crippen LogP contribution in [0.1, 0.15) is 45.9 Å². The molecule has 1 radical (unpaired) electrons. The molecule has 1 aliphatic heterocycles. The lowest BCUT2D eigenvalue weighted by Crippen LogP contribution is -2.53. The van der Waals surface area contributed by atoms with Gasteiger partial charge in [0, 0.05) is 18.5 Å². The van der Waals surface area contributed by atoms with Gasteiger partial charge >= 0.3 is 5.84 Å². The van der Waals surface area contributed by atoms with Crippen molar-refractivity contribution in [3.05, 3.63) is 22.7 Å².